The quantitative estimate of drug-likeness (QED) is 0.445. The predicted molar refractivity (Wildman–Crippen MR) is 60.6 cm³/mol. The van der Waals surface area contributed by atoms with Gasteiger partial charge in [0.2, 0.25) is 0 Å². The van der Waals surface area contributed by atoms with Crippen LogP contribution in [0.1, 0.15) is 17.5 Å². The Hall–Kier alpha value is -1.91. The maximum absolute atomic E-state index is 11.4. The summed E-state index contributed by atoms with van der Waals surface area (Å²) in [4.78, 5) is 21.9. The molecular weight excluding hydrogens is 222 g/mol. The standard InChI is InChI=1S/C12H13NO4/c1-17-12(14)9-5-6-10-8(7-9)3-2-4-11(10)13(15)16/h2-4,9H,5-7H2,1H3. The van der Waals surface area contributed by atoms with Crippen LogP contribution in [0.2, 0.25) is 0 Å². The van der Waals surface area contributed by atoms with E-state index in [0.29, 0.717) is 19.3 Å². The van der Waals surface area contributed by atoms with E-state index in [0.717, 1.165) is 11.1 Å². The lowest BCUT2D eigenvalue weighted by Gasteiger charge is -2.22. The van der Waals surface area contributed by atoms with E-state index in [1.54, 1.807) is 6.07 Å². The van der Waals surface area contributed by atoms with Gasteiger partial charge in [-0.1, -0.05) is 12.1 Å². The van der Waals surface area contributed by atoms with E-state index >= 15 is 0 Å². The number of esters is 1. The number of nitro benzene ring substituents is 1. The summed E-state index contributed by atoms with van der Waals surface area (Å²) in [5.74, 6) is -0.406. The van der Waals surface area contributed by atoms with Gasteiger partial charge in [-0.15, -0.1) is 0 Å². The summed E-state index contributed by atoms with van der Waals surface area (Å²) in [6.07, 6.45) is 1.71. The van der Waals surface area contributed by atoms with E-state index in [1.165, 1.54) is 13.2 Å². The van der Waals surface area contributed by atoms with E-state index in [9.17, 15) is 14.9 Å². The molecule has 0 N–H and O–H groups in total. The number of hydrogen-bond donors (Lipinski definition) is 0. The average molecular weight is 235 g/mol. The number of benzene rings is 1. The van der Waals surface area contributed by atoms with Crippen LogP contribution in [0.4, 0.5) is 5.69 Å². The summed E-state index contributed by atoms with van der Waals surface area (Å²) in [6, 6.07) is 5.02. The first-order valence-corrected chi connectivity index (χ1v) is 5.46. The van der Waals surface area contributed by atoms with Gasteiger partial charge in [0, 0.05) is 11.6 Å². The van der Waals surface area contributed by atoms with Crippen LogP contribution in [0.5, 0.6) is 0 Å². The summed E-state index contributed by atoms with van der Waals surface area (Å²) in [5.41, 5.74) is 1.81. The van der Waals surface area contributed by atoms with E-state index < -0.39 is 0 Å². The van der Waals surface area contributed by atoms with Gasteiger partial charge in [-0.2, -0.15) is 0 Å². The Kier molecular flexibility index (Phi) is 3.08. The number of ether oxygens (including phenoxy) is 1. The molecule has 90 valence electrons. The van der Waals surface area contributed by atoms with Crippen LogP contribution in [0, 0.1) is 16.0 Å². The Morgan fingerprint density at radius 3 is 2.94 bits per heavy atom. The van der Waals surface area contributed by atoms with Crippen LogP contribution in [0.25, 0.3) is 0 Å². The first kappa shape index (κ1) is 11.6. The highest BCUT2D eigenvalue weighted by Gasteiger charge is 2.29. The molecule has 1 atom stereocenters. The smallest absolute Gasteiger partial charge is 0.309 e. The van der Waals surface area contributed by atoms with Gasteiger partial charge in [-0.25, -0.2) is 0 Å². The molecule has 1 unspecified atom stereocenters. The van der Waals surface area contributed by atoms with Crippen molar-refractivity contribution >= 4 is 11.7 Å². The van der Waals surface area contributed by atoms with Crippen LogP contribution >= 0.6 is 0 Å². The fourth-order valence-electron chi connectivity index (χ4n) is 2.33. The molecule has 0 spiro atoms. The Morgan fingerprint density at radius 1 is 1.53 bits per heavy atom. The first-order valence-electron chi connectivity index (χ1n) is 5.46. The van der Waals surface area contributed by atoms with Crippen molar-refractivity contribution < 1.29 is 14.5 Å². The summed E-state index contributed by atoms with van der Waals surface area (Å²) in [6.45, 7) is 0. The average Bonchev–Trinajstić information content (AvgIpc) is 2.36. The Balaban J connectivity index is 2.31. The third kappa shape index (κ3) is 2.13. The largest absolute Gasteiger partial charge is 0.469 e. The Morgan fingerprint density at radius 2 is 2.29 bits per heavy atom. The number of rotatable bonds is 2. The fraction of sp³-hybridized carbons (Fsp3) is 0.417. The molecule has 5 nitrogen and oxygen atoms in total. The van der Waals surface area contributed by atoms with Crippen LogP contribution in [0.3, 0.4) is 0 Å². The fourth-order valence-corrected chi connectivity index (χ4v) is 2.33. The van der Waals surface area contributed by atoms with Gasteiger partial charge in [-0.3, -0.25) is 14.9 Å². The number of hydrogen-bond acceptors (Lipinski definition) is 4. The minimum atomic E-state index is -0.364. The molecule has 0 aromatic heterocycles. The van der Waals surface area contributed by atoms with Gasteiger partial charge >= 0.3 is 5.97 Å². The first-order chi connectivity index (χ1) is 8.13. The normalized spacial score (nSPS) is 18.3. The molecule has 0 bridgehead atoms. The minimum Gasteiger partial charge on any atom is -0.469 e. The molecule has 1 aromatic carbocycles. The minimum absolute atomic E-state index is 0.158. The highest BCUT2D eigenvalue weighted by atomic mass is 16.6. The second-order valence-corrected chi connectivity index (χ2v) is 4.13. The van der Waals surface area contributed by atoms with Crippen LogP contribution < -0.4 is 0 Å². The van der Waals surface area contributed by atoms with Crippen molar-refractivity contribution in [1.29, 1.82) is 0 Å². The van der Waals surface area contributed by atoms with Crippen molar-refractivity contribution in [2.24, 2.45) is 5.92 Å². The summed E-state index contributed by atoms with van der Waals surface area (Å²) in [5, 5.41) is 10.9. The monoisotopic (exact) mass is 235 g/mol. The molecule has 0 aliphatic heterocycles. The van der Waals surface area contributed by atoms with Crippen LogP contribution in [-0.2, 0) is 22.4 Å². The molecule has 0 fully saturated rings. The van der Waals surface area contributed by atoms with E-state index in [4.69, 9.17) is 4.74 Å². The number of methoxy groups -OCH3 is 1. The highest BCUT2D eigenvalue weighted by molar-refractivity contribution is 5.73. The molecule has 0 saturated heterocycles. The number of nitrogens with zero attached hydrogens (tertiary/aromatic N) is 1. The molecule has 0 amide bonds. The van der Waals surface area contributed by atoms with Crippen molar-refractivity contribution in [2.75, 3.05) is 7.11 Å². The molecule has 0 heterocycles. The summed E-state index contributed by atoms with van der Waals surface area (Å²) >= 11 is 0. The Labute approximate surface area is 98.5 Å². The summed E-state index contributed by atoms with van der Waals surface area (Å²) < 4.78 is 4.71. The SMILES string of the molecule is COC(=O)C1CCc2c(cccc2[N+](=O)[O-])C1. The van der Waals surface area contributed by atoms with Gasteiger partial charge in [0.05, 0.1) is 18.0 Å². The lowest BCUT2D eigenvalue weighted by Crippen LogP contribution is -2.24. The molecule has 1 aliphatic carbocycles. The topological polar surface area (TPSA) is 69.4 Å². The number of nitro groups is 1. The van der Waals surface area contributed by atoms with Gasteiger partial charge in [0.15, 0.2) is 0 Å². The Bertz CT molecular complexity index is 470. The van der Waals surface area contributed by atoms with E-state index in [-0.39, 0.29) is 22.5 Å². The van der Waals surface area contributed by atoms with Crippen molar-refractivity contribution in [3.8, 4) is 0 Å². The molecule has 1 aliphatic rings. The number of fused-ring (bicyclic) bond motifs is 1. The van der Waals surface area contributed by atoms with Crippen molar-refractivity contribution in [2.45, 2.75) is 19.3 Å². The third-order valence-corrected chi connectivity index (χ3v) is 3.19. The molecule has 5 heteroatoms. The number of carbonyl (C=O) groups is 1. The zero-order valence-corrected chi connectivity index (χ0v) is 9.51. The van der Waals surface area contributed by atoms with Crippen molar-refractivity contribution in [3.05, 3.63) is 39.4 Å². The second-order valence-electron chi connectivity index (χ2n) is 4.13. The van der Waals surface area contributed by atoms with Gasteiger partial charge in [-0.05, 0) is 24.8 Å². The van der Waals surface area contributed by atoms with Crippen molar-refractivity contribution in [3.63, 3.8) is 0 Å². The van der Waals surface area contributed by atoms with E-state index in [1.807, 2.05) is 6.07 Å². The summed E-state index contributed by atoms with van der Waals surface area (Å²) in [7, 11) is 1.37. The molecule has 2 rings (SSSR count). The number of carbonyl (C=O) groups excluding carboxylic acids is 1. The molecule has 0 radical (unpaired) electrons. The zero-order chi connectivity index (χ0) is 12.4. The van der Waals surface area contributed by atoms with Gasteiger partial charge in [0.1, 0.15) is 0 Å². The lowest BCUT2D eigenvalue weighted by atomic mass is 9.83. The molecule has 17 heavy (non-hydrogen) atoms. The van der Waals surface area contributed by atoms with Crippen LogP contribution in [0.15, 0.2) is 18.2 Å². The third-order valence-electron chi connectivity index (χ3n) is 3.19. The maximum Gasteiger partial charge on any atom is 0.309 e. The zero-order valence-electron chi connectivity index (χ0n) is 9.51. The molecular formula is C12H13NO4. The second kappa shape index (κ2) is 4.53. The molecule has 1 aromatic rings. The van der Waals surface area contributed by atoms with Gasteiger partial charge < -0.3 is 4.74 Å². The van der Waals surface area contributed by atoms with Crippen LogP contribution in [-0.4, -0.2) is 18.0 Å². The maximum atomic E-state index is 11.4. The predicted octanol–water partition coefficient (Wildman–Crippen LogP) is 1.87. The highest BCUT2D eigenvalue weighted by Crippen LogP contribution is 2.32. The van der Waals surface area contributed by atoms with E-state index in [2.05, 4.69) is 0 Å². The van der Waals surface area contributed by atoms with Crippen molar-refractivity contribution in [1.82, 2.24) is 0 Å². The molecule has 0 saturated carbocycles. The van der Waals surface area contributed by atoms with Gasteiger partial charge in [0.25, 0.3) is 5.69 Å². The lowest BCUT2D eigenvalue weighted by molar-refractivity contribution is -0.385.